The number of carbonyl (C=O) groups is 1. The molecule has 5 nitrogen and oxygen atoms in total. The highest BCUT2D eigenvalue weighted by Gasteiger charge is 2.14. The fourth-order valence-electron chi connectivity index (χ4n) is 2.09. The molecule has 1 heterocycles. The number of aromatic carboxylic acids is 1. The van der Waals surface area contributed by atoms with Crippen LogP contribution in [0.3, 0.4) is 0 Å². The largest absolute Gasteiger partial charge is 0.477 e. The lowest BCUT2D eigenvalue weighted by Gasteiger charge is -2.09. The third-order valence-corrected chi connectivity index (χ3v) is 3.38. The number of aryl methyl sites for hydroxylation is 1. The lowest BCUT2D eigenvalue weighted by atomic mass is 10.0. The van der Waals surface area contributed by atoms with Gasteiger partial charge in [-0.05, 0) is 24.5 Å². The van der Waals surface area contributed by atoms with E-state index < -0.39 is 11.5 Å². The lowest BCUT2D eigenvalue weighted by Crippen LogP contribution is -2.28. The van der Waals surface area contributed by atoms with Crippen LogP contribution in [0.4, 0.5) is 0 Å². The molecule has 0 aliphatic carbocycles. The van der Waals surface area contributed by atoms with Gasteiger partial charge >= 0.3 is 5.97 Å². The van der Waals surface area contributed by atoms with Crippen molar-refractivity contribution < 1.29 is 9.90 Å². The molecule has 2 aromatic rings. The SMILES string of the molecule is CCn1nc(-c2ccc(C(C)C)cc2)cc(C(=O)O)c1=O. The number of hydrogen-bond acceptors (Lipinski definition) is 3. The standard InChI is InChI=1S/C16H18N2O3/c1-4-18-15(19)13(16(20)21)9-14(17-18)12-7-5-11(6-8-12)10(2)3/h5-10H,4H2,1-3H3,(H,20,21). The Hall–Kier alpha value is -2.43. The monoisotopic (exact) mass is 286 g/mol. The number of carboxylic acids is 1. The minimum atomic E-state index is -1.23. The summed E-state index contributed by atoms with van der Waals surface area (Å²) in [6.07, 6.45) is 0. The van der Waals surface area contributed by atoms with E-state index >= 15 is 0 Å². The van der Waals surface area contributed by atoms with Gasteiger partial charge in [0.15, 0.2) is 0 Å². The Morgan fingerprint density at radius 3 is 2.38 bits per heavy atom. The normalized spacial score (nSPS) is 10.9. The quantitative estimate of drug-likeness (QED) is 0.938. The molecule has 0 aliphatic rings. The number of aromatic nitrogens is 2. The summed E-state index contributed by atoms with van der Waals surface area (Å²) in [5.41, 5.74) is 1.65. The molecule has 0 saturated heterocycles. The first-order chi connectivity index (χ1) is 9.93. The Bertz CT molecular complexity index is 715. The van der Waals surface area contributed by atoms with E-state index in [1.54, 1.807) is 6.92 Å². The maximum Gasteiger partial charge on any atom is 0.341 e. The molecule has 0 spiro atoms. The number of benzene rings is 1. The van der Waals surface area contributed by atoms with E-state index in [1.165, 1.54) is 16.3 Å². The van der Waals surface area contributed by atoms with Crippen LogP contribution in [-0.4, -0.2) is 20.9 Å². The summed E-state index contributed by atoms with van der Waals surface area (Å²) in [6.45, 7) is 6.29. The fourth-order valence-corrected chi connectivity index (χ4v) is 2.09. The van der Waals surface area contributed by atoms with Crippen LogP contribution in [0.1, 0.15) is 42.6 Å². The molecule has 5 heteroatoms. The predicted molar refractivity (Wildman–Crippen MR) is 80.7 cm³/mol. The van der Waals surface area contributed by atoms with Gasteiger partial charge in [-0.25, -0.2) is 9.48 Å². The van der Waals surface area contributed by atoms with Gasteiger partial charge in [-0.2, -0.15) is 5.10 Å². The second kappa shape index (κ2) is 5.91. The molecular weight excluding hydrogens is 268 g/mol. The van der Waals surface area contributed by atoms with E-state index in [-0.39, 0.29) is 5.56 Å². The summed E-state index contributed by atoms with van der Waals surface area (Å²) in [4.78, 5) is 23.1. The van der Waals surface area contributed by atoms with E-state index in [0.29, 0.717) is 18.2 Å². The zero-order valence-corrected chi connectivity index (χ0v) is 12.3. The summed E-state index contributed by atoms with van der Waals surface area (Å²) in [6, 6.07) is 9.11. The maximum atomic E-state index is 11.9. The third-order valence-electron chi connectivity index (χ3n) is 3.38. The van der Waals surface area contributed by atoms with Crippen LogP contribution in [0.2, 0.25) is 0 Å². The molecule has 0 saturated carbocycles. The molecule has 0 amide bonds. The summed E-state index contributed by atoms with van der Waals surface area (Å²) >= 11 is 0. The highest BCUT2D eigenvalue weighted by molar-refractivity contribution is 5.88. The van der Waals surface area contributed by atoms with Crippen molar-refractivity contribution in [2.45, 2.75) is 33.2 Å². The first kappa shape index (κ1) is 15.0. The van der Waals surface area contributed by atoms with Crippen molar-refractivity contribution in [2.24, 2.45) is 0 Å². The number of carboxylic acid groups (broad SMARTS) is 1. The van der Waals surface area contributed by atoms with Crippen molar-refractivity contribution in [3.63, 3.8) is 0 Å². The van der Waals surface area contributed by atoms with Gasteiger partial charge in [0, 0.05) is 12.1 Å². The Balaban J connectivity index is 2.55. The molecule has 0 radical (unpaired) electrons. The van der Waals surface area contributed by atoms with Crippen LogP contribution < -0.4 is 5.56 Å². The average Bonchev–Trinajstić information content (AvgIpc) is 2.47. The van der Waals surface area contributed by atoms with Crippen molar-refractivity contribution in [3.05, 3.63) is 51.8 Å². The molecule has 1 aromatic heterocycles. The van der Waals surface area contributed by atoms with Crippen LogP contribution in [0.15, 0.2) is 35.1 Å². The lowest BCUT2D eigenvalue weighted by molar-refractivity contribution is 0.0693. The van der Waals surface area contributed by atoms with Crippen molar-refractivity contribution in [1.82, 2.24) is 9.78 Å². The molecule has 1 aromatic carbocycles. The molecule has 0 bridgehead atoms. The van der Waals surface area contributed by atoms with Crippen LogP contribution in [0, 0.1) is 0 Å². The highest BCUT2D eigenvalue weighted by Crippen LogP contribution is 2.21. The second-order valence-corrected chi connectivity index (χ2v) is 5.15. The van der Waals surface area contributed by atoms with E-state index in [2.05, 4.69) is 18.9 Å². The van der Waals surface area contributed by atoms with E-state index in [4.69, 9.17) is 5.11 Å². The molecular formula is C16H18N2O3. The van der Waals surface area contributed by atoms with Gasteiger partial charge in [0.25, 0.3) is 5.56 Å². The molecule has 21 heavy (non-hydrogen) atoms. The topological polar surface area (TPSA) is 72.2 Å². The van der Waals surface area contributed by atoms with Crippen LogP contribution in [0.25, 0.3) is 11.3 Å². The van der Waals surface area contributed by atoms with Crippen LogP contribution in [-0.2, 0) is 6.54 Å². The van der Waals surface area contributed by atoms with Gasteiger partial charge in [-0.3, -0.25) is 4.79 Å². The molecule has 0 atom stereocenters. The number of hydrogen-bond donors (Lipinski definition) is 1. The summed E-state index contributed by atoms with van der Waals surface area (Å²) < 4.78 is 1.18. The Kier molecular flexibility index (Phi) is 4.21. The van der Waals surface area contributed by atoms with Crippen LogP contribution in [0.5, 0.6) is 0 Å². The average molecular weight is 286 g/mol. The van der Waals surface area contributed by atoms with Gasteiger partial charge in [0.1, 0.15) is 5.56 Å². The van der Waals surface area contributed by atoms with Crippen molar-refractivity contribution in [1.29, 1.82) is 0 Å². The van der Waals surface area contributed by atoms with Crippen molar-refractivity contribution in [2.75, 3.05) is 0 Å². The van der Waals surface area contributed by atoms with Gasteiger partial charge in [0.2, 0.25) is 0 Å². The van der Waals surface area contributed by atoms with E-state index in [9.17, 15) is 9.59 Å². The zero-order valence-electron chi connectivity index (χ0n) is 12.3. The second-order valence-electron chi connectivity index (χ2n) is 5.15. The van der Waals surface area contributed by atoms with Crippen LogP contribution >= 0.6 is 0 Å². The first-order valence-corrected chi connectivity index (χ1v) is 6.89. The zero-order chi connectivity index (χ0) is 15.6. The maximum absolute atomic E-state index is 11.9. The Morgan fingerprint density at radius 1 is 1.29 bits per heavy atom. The number of rotatable bonds is 4. The van der Waals surface area contributed by atoms with Gasteiger partial charge in [0.05, 0.1) is 5.69 Å². The Labute approximate surface area is 122 Å². The summed E-state index contributed by atoms with van der Waals surface area (Å²) in [5, 5.41) is 13.4. The summed E-state index contributed by atoms with van der Waals surface area (Å²) in [5.74, 6) is -0.809. The van der Waals surface area contributed by atoms with E-state index in [0.717, 1.165) is 5.56 Å². The smallest absolute Gasteiger partial charge is 0.341 e. The van der Waals surface area contributed by atoms with E-state index in [1.807, 2.05) is 24.3 Å². The molecule has 0 aliphatic heterocycles. The predicted octanol–water partition coefficient (Wildman–Crippen LogP) is 2.75. The molecule has 1 N–H and O–H groups in total. The van der Waals surface area contributed by atoms with Crippen molar-refractivity contribution >= 4 is 5.97 Å². The van der Waals surface area contributed by atoms with Gasteiger partial charge in [-0.15, -0.1) is 0 Å². The first-order valence-electron chi connectivity index (χ1n) is 6.89. The fraction of sp³-hybridized carbons (Fsp3) is 0.312. The third kappa shape index (κ3) is 3.02. The van der Waals surface area contributed by atoms with Gasteiger partial charge < -0.3 is 5.11 Å². The Morgan fingerprint density at radius 2 is 1.90 bits per heavy atom. The minimum Gasteiger partial charge on any atom is -0.477 e. The highest BCUT2D eigenvalue weighted by atomic mass is 16.4. The van der Waals surface area contributed by atoms with Gasteiger partial charge in [-0.1, -0.05) is 38.1 Å². The molecule has 2 rings (SSSR count). The van der Waals surface area contributed by atoms with Crippen molar-refractivity contribution in [3.8, 4) is 11.3 Å². The summed E-state index contributed by atoms with van der Waals surface area (Å²) in [7, 11) is 0. The molecule has 110 valence electrons. The molecule has 0 fully saturated rings. The minimum absolute atomic E-state index is 0.255. The molecule has 0 unspecified atom stereocenters. The number of nitrogens with zero attached hydrogens (tertiary/aromatic N) is 2.